The van der Waals surface area contributed by atoms with E-state index in [4.69, 9.17) is 9.84 Å². The molecule has 1 aliphatic rings. The molecule has 0 aromatic carbocycles. The highest BCUT2D eigenvalue weighted by atomic mass is 16.5. The van der Waals surface area contributed by atoms with E-state index in [9.17, 15) is 9.59 Å². The molecule has 1 N–H and O–H groups in total. The first kappa shape index (κ1) is 12.0. The predicted octanol–water partition coefficient (Wildman–Crippen LogP) is 0.346. The molecule has 1 amide bonds. The van der Waals surface area contributed by atoms with Crippen molar-refractivity contribution in [2.24, 2.45) is 5.92 Å². The molecule has 1 saturated heterocycles. The Morgan fingerprint density at radius 2 is 2.40 bits per heavy atom. The van der Waals surface area contributed by atoms with Gasteiger partial charge in [0, 0.05) is 26.1 Å². The molecule has 1 fully saturated rings. The van der Waals surface area contributed by atoms with Gasteiger partial charge in [-0.3, -0.25) is 9.59 Å². The molecule has 1 atom stereocenters. The number of rotatable bonds is 5. The first-order chi connectivity index (χ1) is 7.15. The van der Waals surface area contributed by atoms with Crippen LogP contribution in [0.1, 0.15) is 19.8 Å². The maximum Gasteiger partial charge on any atom is 0.307 e. The van der Waals surface area contributed by atoms with Crippen LogP contribution in [0.4, 0.5) is 0 Å². The minimum absolute atomic E-state index is 0.0756. The van der Waals surface area contributed by atoms with Crippen molar-refractivity contribution in [3.8, 4) is 0 Å². The quantitative estimate of drug-likeness (QED) is 0.672. The average Bonchev–Trinajstić information content (AvgIpc) is 2.20. The van der Waals surface area contributed by atoms with Crippen LogP contribution in [0.25, 0.3) is 0 Å². The number of carbonyl (C=O) groups is 2. The predicted molar refractivity (Wildman–Crippen MR) is 53.4 cm³/mol. The summed E-state index contributed by atoms with van der Waals surface area (Å²) in [5.41, 5.74) is 0. The van der Waals surface area contributed by atoms with Crippen LogP contribution in [-0.4, -0.2) is 48.2 Å². The summed E-state index contributed by atoms with van der Waals surface area (Å²) in [6.45, 7) is 4.17. The summed E-state index contributed by atoms with van der Waals surface area (Å²) < 4.78 is 5.15. The Morgan fingerprint density at radius 3 is 2.93 bits per heavy atom. The standard InChI is InChI=1S/C10H17NO4/c1-2-15-6-5-11-4-3-8(10(13)14)7-9(11)12/h8H,2-7H2,1H3,(H,13,14). The lowest BCUT2D eigenvalue weighted by Gasteiger charge is -2.29. The van der Waals surface area contributed by atoms with Crippen LogP contribution >= 0.6 is 0 Å². The van der Waals surface area contributed by atoms with E-state index in [1.165, 1.54) is 0 Å². The van der Waals surface area contributed by atoms with Crippen molar-refractivity contribution in [2.45, 2.75) is 19.8 Å². The molecular weight excluding hydrogens is 198 g/mol. The second kappa shape index (κ2) is 5.70. The number of hydrogen-bond donors (Lipinski definition) is 1. The van der Waals surface area contributed by atoms with E-state index in [-0.39, 0.29) is 12.3 Å². The van der Waals surface area contributed by atoms with E-state index < -0.39 is 11.9 Å². The summed E-state index contributed by atoms with van der Waals surface area (Å²) in [4.78, 5) is 23.9. The molecule has 1 heterocycles. The molecule has 15 heavy (non-hydrogen) atoms. The molecular formula is C10H17NO4. The molecule has 0 aliphatic carbocycles. The highest BCUT2D eigenvalue weighted by Crippen LogP contribution is 2.18. The first-order valence-corrected chi connectivity index (χ1v) is 5.23. The molecule has 0 saturated carbocycles. The number of nitrogens with zero attached hydrogens (tertiary/aromatic N) is 1. The molecule has 5 nitrogen and oxygen atoms in total. The van der Waals surface area contributed by atoms with Crippen LogP contribution in [0.3, 0.4) is 0 Å². The third kappa shape index (κ3) is 3.51. The van der Waals surface area contributed by atoms with Crippen molar-refractivity contribution in [1.82, 2.24) is 4.90 Å². The van der Waals surface area contributed by atoms with Gasteiger partial charge < -0.3 is 14.7 Å². The third-order valence-corrected chi connectivity index (χ3v) is 2.58. The summed E-state index contributed by atoms with van der Waals surface area (Å²) >= 11 is 0. The molecule has 1 rings (SSSR count). The van der Waals surface area contributed by atoms with Crippen LogP contribution < -0.4 is 0 Å². The number of carbonyl (C=O) groups excluding carboxylic acids is 1. The summed E-state index contributed by atoms with van der Waals surface area (Å²) in [6, 6.07) is 0. The van der Waals surface area contributed by atoms with Gasteiger partial charge in [0.05, 0.1) is 12.5 Å². The molecule has 0 spiro atoms. The van der Waals surface area contributed by atoms with Crippen LogP contribution in [-0.2, 0) is 14.3 Å². The van der Waals surface area contributed by atoms with Gasteiger partial charge in [-0.15, -0.1) is 0 Å². The normalized spacial score (nSPS) is 21.8. The summed E-state index contributed by atoms with van der Waals surface area (Å²) in [6.07, 6.45) is 0.675. The van der Waals surface area contributed by atoms with Crippen molar-refractivity contribution in [3.05, 3.63) is 0 Å². The Kier molecular flexibility index (Phi) is 4.55. The molecule has 1 aliphatic heterocycles. The van der Waals surface area contributed by atoms with Gasteiger partial charge in [0.25, 0.3) is 0 Å². The fourth-order valence-corrected chi connectivity index (χ4v) is 1.64. The minimum Gasteiger partial charge on any atom is -0.481 e. The largest absolute Gasteiger partial charge is 0.481 e. The monoisotopic (exact) mass is 215 g/mol. The minimum atomic E-state index is -0.868. The molecule has 1 unspecified atom stereocenters. The summed E-state index contributed by atoms with van der Waals surface area (Å²) in [5.74, 6) is -1.44. The Balaban J connectivity index is 2.32. The number of aliphatic carboxylic acids is 1. The zero-order valence-corrected chi connectivity index (χ0v) is 8.94. The number of ether oxygens (including phenoxy) is 1. The fraction of sp³-hybridized carbons (Fsp3) is 0.800. The first-order valence-electron chi connectivity index (χ1n) is 5.23. The Morgan fingerprint density at radius 1 is 1.67 bits per heavy atom. The van der Waals surface area contributed by atoms with Crippen molar-refractivity contribution < 1.29 is 19.4 Å². The number of carboxylic acids is 1. The molecule has 0 radical (unpaired) electrons. The number of amides is 1. The van der Waals surface area contributed by atoms with Crippen molar-refractivity contribution >= 4 is 11.9 Å². The lowest BCUT2D eigenvalue weighted by Crippen LogP contribution is -2.42. The van der Waals surface area contributed by atoms with Crippen LogP contribution in [0.2, 0.25) is 0 Å². The van der Waals surface area contributed by atoms with Gasteiger partial charge in [-0.25, -0.2) is 0 Å². The highest BCUT2D eigenvalue weighted by molar-refractivity contribution is 5.83. The van der Waals surface area contributed by atoms with E-state index in [0.717, 1.165) is 0 Å². The maximum atomic E-state index is 11.5. The zero-order chi connectivity index (χ0) is 11.3. The Labute approximate surface area is 89.0 Å². The molecule has 86 valence electrons. The third-order valence-electron chi connectivity index (χ3n) is 2.58. The van der Waals surface area contributed by atoms with Gasteiger partial charge in [0.1, 0.15) is 0 Å². The van der Waals surface area contributed by atoms with Crippen molar-refractivity contribution in [3.63, 3.8) is 0 Å². The zero-order valence-electron chi connectivity index (χ0n) is 8.94. The van der Waals surface area contributed by atoms with Gasteiger partial charge in [-0.1, -0.05) is 0 Å². The topological polar surface area (TPSA) is 66.8 Å². The average molecular weight is 215 g/mol. The highest BCUT2D eigenvalue weighted by Gasteiger charge is 2.29. The SMILES string of the molecule is CCOCCN1CCC(C(=O)O)CC1=O. The second-order valence-electron chi connectivity index (χ2n) is 3.61. The van der Waals surface area contributed by atoms with E-state index >= 15 is 0 Å². The Bertz CT molecular complexity index is 242. The van der Waals surface area contributed by atoms with Crippen LogP contribution in [0, 0.1) is 5.92 Å². The lowest BCUT2D eigenvalue weighted by atomic mass is 9.96. The molecule has 0 bridgehead atoms. The number of hydrogen-bond acceptors (Lipinski definition) is 3. The van der Waals surface area contributed by atoms with Gasteiger partial charge in [0.2, 0.25) is 5.91 Å². The molecule has 0 aromatic heterocycles. The van der Waals surface area contributed by atoms with Gasteiger partial charge >= 0.3 is 5.97 Å². The van der Waals surface area contributed by atoms with E-state index in [1.807, 2.05) is 6.92 Å². The van der Waals surface area contributed by atoms with E-state index in [0.29, 0.717) is 32.7 Å². The number of likely N-dealkylation sites (tertiary alicyclic amines) is 1. The second-order valence-corrected chi connectivity index (χ2v) is 3.61. The molecule has 5 heteroatoms. The van der Waals surface area contributed by atoms with Crippen LogP contribution in [0.5, 0.6) is 0 Å². The number of carboxylic acid groups (broad SMARTS) is 1. The molecule has 0 aromatic rings. The smallest absolute Gasteiger partial charge is 0.307 e. The fourth-order valence-electron chi connectivity index (χ4n) is 1.64. The van der Waals surface area contributed by atoms with Gasteiger partial charge in [0.15, 0.2) is 0 Å². The Hall–Kier alpha value is -1.10. The van der Waals surface area contributed by atoms with Crippen molar-refractivity contribution in [2.75, 3.05) is 26.3 Å². The van der Waals surface area contributed by atoms with E-state index in [2.05, 4.69) is 0 Å². The summed E-state index contributed by atoms with van der Waals surface area (Å²) in [5, 5.41) is 8.76. The van der Waals surface area contributed by atoms with Gasteiger partial charge in [-0.2, -0.15) is 0 Å². The summed E-state index contributed by atoms with van der Waals surface area (Å²) in [7, 11) is 0. The lowest BCUT2D eigenvalue weighted by molar-refractivity contribution is -0.149. The maximum absolute atomic E-state index is 11.5. The van der Waals surface area contributed by atoms with Crippen LogP contribution in [0.15, 0.2) is 0 Å². The van der Waals surface area contributed by atoms with Crippen molar-refractivity contribution in [1.29, 1.82) is 0 Å². The van der Waals surface area contributed by atoms with E-state index in [1.54, 1.807) is 4.90 Å². The number of piperidine rings is 1. The van der Waals surface area contributed by atoms with Gasteiger partial charge in [-0.05, 0) is 13.3 Å².